The van der Waals surface area contributed by atoms with Crippen LogP contribution in [0.5, 0.6) is 17.2 Å². The van der Waals surface area contributed by atoms with Gasteiger partial charge in [0.2, 0.25) is 0 Å². The normalized spacial score (nSPS) is 13.6. The molecule has 0 aliphatic heterocycles. The Labute approximate surface area is 180 Å². The van der Waals surface area contributed by atoms with E-state index in [9.17, 15) is 18.7 Å². The number of benzene rings is 2. The standard InChI is InChI=1S/C23H19F2N3O4/c24-23(25)32-18-7-4-13(11-19(18)31-14-5-6-14)20-12(2-1-3-17(20)29)10-16-21-15(8-9-26-21)22(30)28-27-16/h1-4,7-9,11,14,23,26,29H,5-6,10H2,(H,28,30). The average Bonchev–Trinajstić information content (AvgIpc) is 3.42. The zero-order chi connectivity index (χ0) is 22.2. The fourth-order valence-electron chi connectivity index (χ4n) is 3.72. The lowest BCUT2D eigenvalue weighted by atomic mass is 9.95. The van der Waals surface area contributed by atoms with Gasteiger partial charge in [-0.25, -0.2) is 5.10 Å². The molecule has 4 aromatic rings. The van der Waals surface area contributed by atoms with Crippen LogP contribution < -0.4 is 15.0 Å². The molecule has 9 heteroatoms. The SMILES string of the molecule is O=c1[nH]nc(Cc2cccc(O)c2-c2ccc(OC(F)F)c(OC3CC3)c2)c2[nH]ccc12. The van der Waals surface area contributed by atoms with E-state index in [1.807, 2.05) is 6.07 Å². The second kappa shape index (κ2) is 7.99. The molecule has 0 unspecified atom stereocenters. The Morgan fingerprint density at radius 3 is 2.78 bits per heavy atom. The smallest absolute Gasteiger partial charge is 0.387 e. The molecule has 7 nitrogen and oxygen atoms in total. The predicted molar refractivity (Wildman–Crippen MR) is 113 cm³/mol. The summed E-state index contributed by atoms with van der Waals surface area (Å²) in [5, 5.41) is 17.8. The Morgan fingerprint density at radius 2 is 2.00 bits per heavy atom. The van der Waals surface area contributed by atoms with Crippen molar-refractivity contribution in [1.82, 2.24) is 15.2 Å². The number of H-pyrrole nitrogens is 2. The number of rotatable bonds is 7. The highest BCUT2D eigenvalue weighted by Gasteiger charge is 2.26. The maximum Gasteiger partial charge on any atom is 0.387 e. The number of aromatic nitrogens is 3. The van der Waals surface area contributed by atoms with E-state index in [-0.39, 0.29) is 28.9 Å². The lowest BCUT2D eigenvalue weighted by Crippen LogP contribution is -2.10. The molecule has 1 saturated carbocycles. The number of hydrogen-bond acceptors (Lipinski definition) is 5. The molecule has 2 aromatic carbocycles. The molecular weight excluding hydrogens is 420 g/mol. The second-order valence-corrected chi connectivity index (χ2v) is 7.61. The van der Waals surface area contributed by atoms with Gasteiger partial charge in [-0.15, -0.1) is 0 Å². The lowest BCUT2D eigenvalue weighted by Gasteiger charge is -2.16. The molecule has 2 aromatic heterocycles. The number of aromatic amines is 2. The maximum atomic E-state index is 12.8. The third-order valence-electron chi connectivity index (χ3n) is 5.33. The Hall–Kier alpha value is -3.88. The summed E-state index contributed by atoms with van der Waals surface area (Å²) in [4.78, 5) is 15.0. The number of halogens is 2. The Bertz CT molecular complexity index is 1340. The summed E-state index contributed by atoms with van der Waals surface area (Å²) in [6.45, 7) is -2.97. The van der Waals surface area contributed by atoms with Gasteiger partial charge in [0.15, 0.2) is 11.5 Å². The van der Waals surface area contributed by atoms with Crippen LogP contribution in [0.3, 0.4) is 0 Å². The number of nitrogens with one attached hydrogen (secondary N) is 2. The van der Waals surface area contributed by atoms with Gasteiger partial charge in [0.25, 0.3) is 5.56 Å². The molecule has 32 heavy (non-hydrogen) atoms. The minimum Gasteiger partial charge on any atom is -0.507 e. The minimum atomic E-state index is -2.97. The van der Waals surface area contributed by atoms with Gasteiger partial charge < -0.3 is 19.6 Å². The Morgan fingerprint density at radius 1 is 1.16 bits per heavy atom. The summed E-state index contributed by atoms with van der Waals surface area (Å²) in [7, 11) is 0. The number of phenols is 1. The molecule has 0 atom stereocenters. The highest BCUT2D eigenvalue weighted by molar-refractivity contribution is 5.81. The van der Waals surface area contributed by atoms with Gasteiger partial charge in [-0.05, 0) is 48.2 Å². The molecule has 0 spiro atoms. The number of ether oxygens (including phenoxy) is 2. The number of fused-ring (bicyclic) bond motifs is 1. The zero-order valence-corrected chi connectivity index (χ0v) is 16.8. The predicted octanol–water partition coefficient (Wildman–Crippen LogP) is 4.36. The third kappa shape index (κ3) is 3.89. The fourth-order valence-corrected chi connectivity index (χ4v) is 3.72. The fraction of sp³-hybridized carbons (Fsp3) is 0.217. The number of hydrogen-bond donors (Lipinski definition) is 3. The monoisotopic (exact) mass is 439 g/mol. The van der Waals surface area contributed by atoms with Crippen LogP contribution in [0.1, 0.15) is 24.1 Å². The molecule has 2 heterocycles. The van der Waals surface area contributed by atoms with E-state index in [0.717, 1.165) is 18.4 Å². The molecule has 1 aliphatic carbocycles. The Balaban J connectivity index is 1.57. The van der Waals surface area contributed by atoms with Gasteiger partial charge in [0.1, 0.15) is 5.75 Å². The minimum absolute atomic E-state index is 0.0227. The van der Waals surface area contributed by atoms with Crippen molar-refractivity contribution in [3.8, 4) is 28.4 Å². The quantitative estimate of drug-likeness (QED) is 0.397. The van der Waals surface area contributed by atoms with Gasteiger partial charge in [-0.1, -0.05) is 18.2 Å². The van der Waals surface area contributed by atoms with Gasteiger partial charge in [0, 0.05) is 18.2 Å². The van der Waals surface area contributed by atoms with Crippen LogP contribution in [0, 0.1) is 0 Å². The third-order valence-corrected chi connectivity index (χ3v) is 5.33. The van der Waals surface area contributed by atoms with E-state index in [4.69, 9.17) is 4.74 Å². The first-order valence-corrected chi connectivity index (χ1v) is 10.1. The summed E-state index contributed by atoms with van der Waals surface area (Å²) in [5.41, 5.74) is 2.76. The van der Waals surface area contributed by atoms with Crippen molar-refractivity contribution in [3.63, 3.8) is 0 Å². The molecule has 0 bridgehead atoms. The molecule has 1 fully saturated rings. The molecular formula is C23H19F2N3O4. The summed E-state index contributed by atoms with van der Waals surface area (Å²) in [6, 6.07) is 11.4. The van der Waals surface area contributed by atoms with Crippen molar-refractivity contribution in [1.29, 1.82) is 0 Å². The van der Waals surface area contributed by atoms with Crippen molar-refractivity contribution in [3.05, 3.63) is 70.3 Å². The van der Waals surface area contributed by atoms with Crippen molar-refractivity contribution < 1.29 is 23.4 Å². The summed E-state index contributed by atoms with van der Waals surface area (Å²) in [6.07, 6.45) is 3.65. The van der Waals surface area contributed by atoms with E-state index in [1.54, 1.807) is 36.5 Å². The summed E-state index contributed by atoms with van der Waals surface area (Å²) in [5.74, 6) is 0.172. The van der Waals surface area contributed by atoms with Gasteiger partial charge in [0.05, 0.1) is 22.7 Å². The number of nitrogens with zero attached hydrogens (tertiary/aromatic N) is 1. The van der Waals surface area contributed by atoms with E-state index in [1.165, 1.54) is 6.07 Å². The van der Waals surface area contributed by atoms with Crippen LogP contribution in [-0.4, -0.2) is 33.0 Å². The van der Waals surface area contributed by atoms with E-state index in [2.05, 4.69) is 19.9 Å². The van der Waals surface area contributed by atoms with Crippen LogP contribution in [0.15, 0.2) is 53.5 Å². The lowest BCUT2D eigenvalue weighted by molar-refractivity contribution is -0.0516. The van der Waals surface area contributed by atoms with Crippen molar-refractivity contribution >= 4 is 10.9 Å². The van der Waals surface area contributed by atoms with Crippen LogP contribution in [0.2, 0.25) is 0 Å². The average molecular weight is 439 g/mol. The van der Waals surface area contributed by atoms with E-state index < -0.39 is 6.61 Å². The van der Waals surface area contributed by atoms with Gasteiger partial charge in [-0.2, -0.15) is 13.9 Å². The molecule has 5 rings (SSSR count). The maximum absolute atomic E-state index is 12.8. The highest BCUT2D eigenvalue weighted by Crippen LogP contribution is 2.41. The van der Waals surface area contributed by atoms with Gasteiger partial charge in [-0.3, -0.25) is 4.79 Å². The van der Waals surface area contributed by atoms with Crippen LogP contribution in [0.25, 0.3) is 22.0 Å². The summed E-state index contributed by atoms with van der Waals surface area (Å²) >= 11 is 0. The molecule has 0 amide bonds. The van der Waals surface area contributed by atoms with Crippen molar-refractivity contribution in [2.45, 2.75) is 32.0 Å². The first-order valence-electron chi connectivity index (χ1n) is 10.1. The highest BCUT2D eigenvalue weighted by atomic mass is 19.3. The van der Waals surface area contributed by atoms with Crippen molar-refractivity contribution in [2.75, 3.05) is 0 Å². The van der Waals surface area contributed by atoms with Crippen molar-refractivity contribution in [2.24, 2.45) is 0 Å². The van der Waals surface area contributed by atoms with E-state index >= 15 is 0 Å². The topological polar surface area (TPSA) is 100 Å². The van der Waals surface area contributed by atoms with Crippen LogP contribution in [0.4, 0.5) is 8.78 Å². The molecule has 0 saturated heterocycles. The molecule has 164 valence electrons. The van der Waals surface area contributed by atoms with E-state index in [0.29, 0.717) is 34.1 Å². The molecule has 3 N–H and O–H groups in total. The zero-order valence-electron chi connectivity index (χ0n) is 16.8. The second-order valence-electron chi connectivity index (χ2n) is 7.61. The molecule has 0 radical (unpaired) electrons. The number of phenolic OH excluding ortho intramolecular Hbond substituents is 1. The van der Waals surface area contributed by atoms with Gasteiger partial charge >= 0.3 is 6.61 Å². The van der Waals surface area contributed by atoms with Crippen LogP contribution in [-0.2, 0) is 6.42 Å². The number of alkyl halides is 2. The first-order chi connectivity index (χ1) is 15.5. The number of aromatic hydroxyl groups is 1. The first kappa shape index (κ1) is 20.0. The summed E-state index contributed by atoms with van der Waals surface area (Å²) < 4.78 is 36.0. The largest absolute Gasteiger partial charge is 0.507 e. The molecule has 1 aliphatic rings. The Kier molecular flexibility index (Phi) is 5.01. The van der Waals surface area contributed by atoms with Crippen LogP contribution >= 0.6 is 0 Å².